The molecule has 0 aromatic heterocycles. The van der Waals surface area contributed by atoms with Crippen molar-refractivity contribution in [2.75, 3.05) is 19.6 Å². The molecule has 0 unspecified atom stereocenters. The summed E-state index contributed by atoms with van der Waals surface area (Å²) >= 11 is 0. The van der Waals surface area contributed by atoms with Crippen molar-refractivity contribution >= 4 is 17.7 Å². The Labute approximate surface area is 183 Å². The number of carbonyl (C=O) groups is 3. The Bertz CT molecular complexity index is 933. The average molecular weight is 420 g/mol. The topological polar surface area (TPSA) is 69.7 Å². The Hall–Kier alpha value is -2.99. The van der Waals surface area contributed by atoms with E-state index < -0.39 is 0 Å². The molecule has 2 aliphatic rings. The molecule has 4 rings (SSSR count). The van der Waals surface area contributed by atoms with Crippen molar-refractivity contribution in [3.8, 4) is 11.1 Å². The molecule has 6 heteroatoms. The van der Waals surface area contributed by atoms with Gasteiger partial charge in [-0.25, -0.2) is 0 Å². The van der Waals surface area contributed by atoms with E-state index in [0.29, 0.717) is 6.54 Å². The number of likely N-dealkylation sites (tertiary alicyclic amines) is 2. The molecule has 0 aliphatic carbocycles. The van der Waals surface area contributed by atoms with Gasteiger partial charge in [-0.1, -0.05) is 48.5 Å². The first kappa shape index (κ1) is 21.2. The third-order valence-corrected chi connectivity index (χ3v) is 6.08. The predicted molar refractivity (Wildman–Crippen MR) is 119 cm³/mol. The van der Waals surface area contributed by atoms with Crippen molar-refractivity contribution in [1.82, 2.24) is 15.1 Å². The van der Waals surface area contributed by atoms with Crippen molar-refractivity contribution in [2.24, 2.45) is 0 Å². The first-order valence-electron chi connectivity index (χ1n) is 11.1. The Morgan fingerprint density at radius 1 is 0.903 bits per heavy atom. The van der Waals surface area contributed by atoms with Crippen molar-refractivity contribution in [3.05, 3.63) is 59.7 Å². The minimum Gasteiger partial charge on any atom is -0.352 e. The first-order valence-corrected chi connectivity index (χ1v) is 11.1. The van der Waals surface area contributed by atoms with Gasteiger partial charge in [0.25, 0.3) is 0 Å². The van der Waals surface area contributed by atoms with Crippen LogP contribution in [0, 0.1) is 0 Å². The van der Waals surface area contributed by atoms with Crippen LogP contribution in [0.4, 0.5) is 0 Å². The molecule has 2 saturated heterocycles. The molecular formula is C25H29N3O3. The second-order valence-electron chi connectivity index (χ2n) is 8.30. The Morgan fingerprint density at radius 3 is 2.29 bits per heavy atom. The van der Waals surface area contributed by atoms with E-state index in [9.17, 15) is 14.4 Å². The number of nitrogens with one attached hydrogen (secondary N) is 1. The van der Waals surface area contributed by atoms with Crippen molar-refractivity contribution in [3.63, 3.8) is 0 Å². The molecule has 6 nitrogen and oxygen atoms in total. The van der Waals surface area contributed by atoms with E-state index in [-0.39, 0.29) is 43.5 Å². The van der Waals surface area contributed by atoms with Crippen LogP contribution in [0.3, 0.4) is 0 Å². The number of hydrogen-bond donors (Lipinski definition) is 1. The van der Waals surface area contributed by atoms with Crippen LogP contribution in [0.15, 0.2) is 48.5 Å². The molecule has 0 atom stereocenters. The molecule has 0 spiro atoms. The van der Waals surface area contributed by atoms with Gasteiger partial charge in [0, 0.05) is 38.9 Å². The number of nitrogens with zero attached hydrogens (tertiary/aromatic N) is 2. The van der Waals surface area contributed by atoms with Gasteiger partial charge in [-0.3, -0.25) is 24.2 Å². The first-order chi connectivity index (χ1) is 15.1. The third kappa shape index (κ3) is 5.39. The molecule has 162 valence electrons. The lowest BCUT2D eigenvalue weighted by Crippen LogP contribution is -2.34. The molecule has 3 amide bonds. The van der Waals surface area contributed by atoms with Gasteiger partial charge in [0.2, 0.25) is 17.7 Å². The Morgan fingerprint density at radius 2 is 1.58 bits per heavy atom. The lowest BCUT2D eigenvalue weighted by atomic mass is 9.98. The highest BCUT2D eigenvalue weighted by Gasteiger charge is 2.28. The highest BCUT2D eigenvalue weighted by atomic mass is 16.2. The van der Waals surface area contributed by atoms with Crippen LogP contribution in [-0.4, -0.2) is 47.2 Å². The minimum absolute atomic E-state index is 0.130. The predicted octanol–water partition coefficient (Wildman–Crippen LogP) is 3.10. The van der Waals surface area contributed by atoms with Gasteiger partial charge >= 0.3 is 0 Å². The molecule has 2 aliphatic heterocycles. The molecule has 2 aromatic rings. The molecule has 31 heavy (non-hydrogen) atoms. The molecule has 2 heterocycles. The second-order valence-corrected chi connectivity index (χ2v) is 8.30. The van der Waals surface area contributed by atoms with E-state index in [0.717, 1.165) is 23.2 Å². The van der Waals surface area contributed by atoms with Crippen LogP contribution in [0.2, 0.25) is 0 Å². The zero-order valence-electron chi connectivity index (χ0n) is 17.8. The van der Waals surface area contributed by atoms with E-state index >= 15 is 0 Å². The molecule has 0 radical (unpaired) electrons. The zero-order chi connectivity index (χ0) is 21.6. The molecule has 2 aromatic carbocycles. The molecule has 0 saturated carbocycles. The molecule has 2 fully saturated rings. The van der Waals surface area contributed by atoms with E-state index in [1.54, 1.807) is 0 Å². The van der Waals surface area contributed by atoms with Crippen LogP contribution in [0.5, 0.6) is 0 Å². The summed E-state index contributed by atoms with van der Waals surface area (Å²) in [6, 6.07) is 16.7. The van der Waals surface area contributed by atoms with E-state index in [2.05, 4.69) is 40.5 Å². The van der Waals surface area contributed by atoms with Gasteiger partial charge in [0.05, 0.1) is 0 Å². The van der Waals surface area contributed by atoms with Crippen LogP contribution in [-0.2, 0) is 27.5 Å². The SMILES string of the molecule is O=C(CCN1C(=O)CCC1=O)NCc1ccccc1-c1ccc(CN2CCCC2)cc1. The van der Waals surface area contributed by atoms with Gasteiger partial charge in [0.15, 0.2) is 0 Å². The standard InChI is InChI=1S/C25H29N3O3/c29-23(13-16-28-24(30)11-12-25(28)31)26-17-21-5-1-2-6-22(21)20-9-7-19(8-10-20)18-27-14-3-4-15-27/h1-2,5-10H,3-4,11-18H2,(H,26,29). The van der Waals surface area contributed by atoms with Gasteiger partial charge in [-0.05, 0) is 48.2 Å². The lowest BCUT2D eigenvalue weighted by Gasteiger charge is -2.16. The summed E-state index contributed by atoms with van der Waals surface area (Å²) in [6.45, 7) is 3.94. The van der Waals surface area contributed by atoms with Crippen molar-refractivity contribution < 1.29 is 14.4 Å². The molecular weight excluding hydrogens is 390 g/mol. The summed E-state index contributed by atoms with van der Waals surface area (Å²) in [7, 11) is 0. The number of rotatable bonds is 8. The van der Waals surface area contributed by atoms with Gasteiger partial charge in [-0.15, -0.1) is 0 Å². The van der Waals surface area contributed by atoms with Gasteiger partial charge < -0.3 is 5.32 Å². The third-order valence-electron chi connectivity index (χ3n) is 6.08. The minimum atomic E-state index is -0.184. The Balaban J connectivity index is 1.34. The summed E-state index contributed by atoms with van der Waals surface area (Å²) in [5.74, 6) is -0.532. The molecule has 1 N–H and O–H groups in total. The average Bonchev–Trinajstić information content (AvgIpc) is 3.41. The smallest absolute Gasteiger partial charge is 0.229 e. The maximum absolute atomic E-state index is 12.3. The van der Waals surface area contributed by atoms with Crippen LogP contribution < -0.4 is 5.32 Å². The van der Waals surface area contributed by atoms with Gasteiger partial charge in [-0.2, -0.15) is 0 Å². The molecule has 0 bridgehead atoms. The van der Waals surface area contributed by atoms with Crippen molar-refractivity contribution in [1.29, 1.82) is 0 Å². The van der Waals surface area contributed by atoms with Crippen LogP contribution in [0.1, 0.15) is 43.2 Å². The zero-order valence-corrected chi connectivity index (χ0v) is 17.8. The largest absolute Gasteiger partial charge is 0.352 e. The van der Waals surface area contributed by atoms with E-state index in [4.69, 9.17) is 0 Å². The maximum atomic E-state index is 12.3. The fourth-order valence-electron chi connectivity index (χ4n) is 4.31. The fourth-order valence-corrected chi connectivity index (χ4v) is 4.31. The number of carbonyl (C=O) groups excluding carboxylic acids is 3. The monoisotopic (exact) mass is 419 g/mol. The van der Waals surface area contributed by atoms with Crippen LogP contribution >= 0.6 is 0 Å². The summed E-state index contributed by atoms with van der Waals surface area (Å²) in [5, 5.41) is 2.93. The summed E-state index contributed by atoms with van der Waals surface area (Å²) in [6.07, 6.45) is 3.23. The maximum Gasteiger partial charge on any atom is 0.229 e. The normalized spacial score (nSPS) is 16.8. The second kappa shape index (κ2) is 9.88. The lowest BCUT2D eigenvalue weighted by molar-refractivity contribution is -0.138. The number of benzene rings is 2. The summed E-state index contributed by atoms with van der Waals surface area (Å²) in [4.78, 5) is 39.3. The fraction of sp³-hybridized carbons (Fsp3) is 0.400. The number of hydrogen-bond acceptors (Lipinski definition) is 4. The van der Waals surface area contributed by atoms with Crippen molar-refractivity contribution in [2.45, 2.75) is 45.2 Å². The van der Waals surface area contributed by atoms with E-state index in [1.165, 1.54) is 36.4 Å². The number of amides is 3. The highest BCUT2D eigenvalue weighted by molar-refractivity contribution is 6.02. The Kier molecular flexibility index (Phi) is 6.77. The van der Waals surface area contributed by atoms with Crippen LogP contribution in [0.25, 0.3) is 11.1 Å². The van der Waals surface area contributed by atoms with E-state index in [1.807, 2.05) is 18.2 Å². The highest BCUT2D eigenvalue weighted by Crippen LogP contribution is 2.25. The summed E-state index contributed by atoms with van der Waals surface area (Å²) in [5.41, 5.74) is 4.59. The summed E-state index contributed by atoms with van der Waals surface area (Å²) < 4.78 is 0. The quantitative estimate of drug-likeness (QED) is 0.668. The number of imide groups is 1. The van der Waals surface area contributed by atoms with Gasteiger partial charge in [0.1, 0.15) is 0 Å².